The predicted octanol–water partition coefficient (Wildman–Crippen LogP) is 1.94. The first kappa shape index (κ1) is 7.80. The molecule has 0 aliphatic heterocycles. The van der Waals surface area contributed by atoms with Gasteiger partial charge in [0.05, 0.1) is 0 Å². The summed E-state index contributed by atoms with van der Waals surface area (Å²) < 4.78 is 0. The van der Waals surface area contributed by atoms with Crippen LogP contribution >= 0.6 is 0 Å². The summed E-state index contributed by atoms with van der Waals surface area (Å²) in [5.41, 5.74) is 6.20. The van der Waals surface area contributed by atoms with E-state index in [1.807, 2.05) is 0 Å². The van der Waals surface area contributed by atoms with Crippen molar-refractivity contribution in [1.82, 2.24) is 0 Å². The molecule has 1 saturated carbocycles. The molecule has 1 aliphatic rings. The second kappa shape index (κ2) is 2.39. The van der Waals surface area contributed by atoms with Gasteiger partial charge in [-0.05, 0) is 17.8 Å². The zero-order valence-electron chi connectivity index (χ0n) is 7.09. The molecule has 10 heavy (non-hydrogen) atoms. The third-order valence-corrected chi connectivity index (χ3v) is 2.58. The Bertz CT molecular complexity index is 147. The number of allylic oxidation sites excluding steroid dienone is 1. The van der Waals surface area contributed by atoms with Crippen LogP contribution in [0.5, 0.6) is 0 Å². The van der Waals surface area contributed by atoms with Crippen molar-refractivity contribution in [2.45, 2.75) is 33.2 Å². The van der Waals surface area contributed by atoms with Crippen molar-refractivity contribution in [2.75, 3.05) is 0 Å². The molecule has 1 nitrogen and oxygen atoms in total. The first-order valence-corrected chi connectivity index (χ1v) is 4.03. The average Bonchev–Trinajstić information content (AvgIpc) is 2.31. The normalized spacial score (nSPS) is 36.8. The van der Waals surface area contributed by atoms with Crippen LogP contribution in [0.1, 0.15) is 27.2 Å². The van der Waals surface area contributed by atoms with Gasteiger partial charge in [0, 0.05) is 6.04 Å². The second-order valence-corrected chi connectivity index (χ2v) is 3.71. The Morgan fingerprint density at radius 3 is 2.30 bits per heavy atom. The predicted molar refractivity (Wildman–Crippen MR) is 44.7 cm³/mol. The van der Waals surface area contributed by atoms with E-state index in [0.29, 0.717) is 17.4 Å². The van der Waals surface area contributed by atoms with E-state index in [9.17, 15) is 0 Å². The molecule has 0 aromatic carbocycles. The average molecular weight is 139 g/mol. The molecule has 1 fully saturated rings. The van der Waals surface area contributed by atoms with Crippen LogP contribution in [0.25, 0.3) is 0 Å². The van der Waals surface area contributed by atoms with E-state index >= 15 is 0 Å². The largest absolute Gasteiger partial charge is 0.327 e. The lowest BCUT2D eigenvalue weighted by Gasteiger charge is -1.95. The van der Waals surface area contributed by atoms with Crippen molar-refractivity contribution in [3.05, 3.63) is 12.2 Å². The van der Waals surface area contributed by atoms with Crippen molar-refractivity contribution < 1.29 is 0 Å². The lowest BCUT2D eigenvalue weighted by atomic mass is 10.1. The molecule has 0 amide bonds. The van der Waals surface area contributed by atoms with Crippen LogP contribution in [-0.4, -0.2) is 6.04 Å². The van der Waals surface area contributed by atoms with Gasteiger partial charge in [-0.25, -0.2) is 0 Å². The smallest absolute Gasteiger partial charge is 0.0165 e. The Balaban J connectivity index is 2.42. The highest BCUT2D eigenvalue weighted by atomic mass is 14.8. The van der Waals surface area contributed by atoms with E-state index in [1.165, 1.54) is 0 Å². The fourth-order valence-electron chi connectivity index (χ4n) is 1.37. The van der Waals surface area contributed by atoms with Crippen LogP contribution in [0.4, 0.5) is 0 Å². The summed E-state index contributed by atoms with van der Waals surface area (Å²) in [5, 5.41) is 0. The third kappa shape index (κ3) is 1.10. The molecule has 0 saturated heterocycles. The summed E-state index contributed by atoms with van der Waals surface area (Å²) in [6.07, 6.45) is 5.59. The molecule has 2 N–H and O–H groups in total. The van der Waals surface area contributed by atoms with Crippen LogP contribution in [0, 0.1) is 11.3 Å². The molecule has 0 aromatic rings. The Labute approximate surface area is 63.3 Å². The molecular weight excluding hydrogens is 122 g/mol. The van der Waals surface area contributed by atoms with E-state index in [-0.39, 0.29) is 0 Å². The number of hydrogen-bond donors (Lipinski definition) is 1. The topological polar surface area (TPSA) is 26.0 Å². The summed E-state index contributed by atoms with van der Waals surface area (Å²) >= 11 is 0. The van der Waals surface area contributed by atoms with Gasteiger partial charge in [-0.1, -0.05) is 32.9 Å². The van der Waals surface area contributed by atoms with Crippen molar-refractivity contribution in [2.24, 2.45) is 17.1 Å². The summed E-state index contributed by atoms with van der Waals surface area (Å²) in [7, 11) is 0. The second-order valence-electron chi connectivity index (χ2n) is 3.71. The van der Waals surface area contributed by atoms with Crippen LogP contribution < -0.4 is 5.73 Å². The minimum absolute atomic E-state index is 0.367. The third-order valence-electron chi connectivity index (χ3n) is 2.58. The van der Waals surface area contributed by atoms with E-state index in [1.54, 1.807) is 0 Å². The van der Waals surface area contributed by atoms with Gasteiger partial charge in [0.2, 0.25) is 0 Å². The maximum atomic E-state index is 5.83. The van der Waals surface area contributed by atoms with E-state index < -0.39 is 0 Å². The van der Waals surface area contributed by atoms with E-state index in [0.717, 1.165) is 6.42 Å². The molecule has 0 heterocycles. The molecule has 0 radical (unpaired) electrons. The molecule has 0 bridgehead atoms. The number of rotatable bonds is 2. The van der Waals surface area contributed by atoms with E-state index in [2.05, 4.69) is 32.9 Å². The van der Waals surface area contributed by atoms with Crippen molar-refractivity contribution in [3.63, 3.8) is 0 Å². The van der Waals surface area contributed by atoms with Crippen LogP contribution in [-0.2, 0) is 0 Å². The highest BCUT2D eigenvalue weighted by Crippen LogP contribution is 2.51. The lowest BCUT2D eigenvalue weighted by Crippen LogP contribution is -2.06. The maximum absolute atomic E-state index is 5.83. The van der Waals surface area contributed by atoms with Gasteiger partial charge in [0.25, 0.3) is 0 Å². The molecule has 2 atom stereocenters. The van der Waals surface area contributed by atoms with Gasteiger partial charge >= 0.3 is 0 Å². The summed E-state index contributed by atoms with van der Waals surface area (Å²) in [6.45, 7) is 6.60. The van der Waals surface area contributed by atoms with Gasteiger partial charge in [0.15, 0.2) is 0 Å². The number of hydrogen-bond acceptors (Lipinski definition) is 1. The maximum Gasteiger partial charge on any atom is 0.0165 e. The Kier molecular flexibility index (Phi) is 1.86. The zero-order chi connectivity index (χ0) is 7.78. The van der Waals surface area contributed by atoms with Crippen LogP contribution in [0.15, 0.2) is 12.2 Å². The van der Waals surface area contributed by atoms with Crippen LogP contribution in [0.3, 0.4) is 0 Å². The Morgan fingerprint density at radius 1 is 1.50 bits per heavy atom. The molecule has 1 aliphatic carbocycles. The molecular formula is C9H17N. The highest BCUT2D eigenvalue weighted by Gasteiger charge is 2.53. The fraction of sp³-hybridized carbons (Fsp3) is 0.778. The fourth-order valence-corrected chi connectivity index (χ4v) is 1.37. The monoisotopic (exact) mass is 139 g/mol. The lowest BCUT2D eigenvalue weighted by molar-refractivity contribution is 0.591. The molecule has 0 aromatic heterocycles. The molecule has 0 unspecified atom stereocenters. The van der Waals surface area contributed by atoms with Crippen LogP contribution in [0.2, 0.25) is 0 Å². The standard InChI is InChI=1S/C9H17N/c1-4-5-6-7-8(10)9(7,2)3/h5-8H,4,10H2,1-3H3/b6-5+/t7-,8-/m0/s1. The van der Waals surface area contributed by atoms with Gasteiger partial charge in [0.1, 0.15) is 0 Å². The minimum Gasteiger partial charge on any atom is -0.327 e. The van der Waals surface area contributed by atoms with Gasteiger partial charge in [-0.2, -0.15) is 0 Å². The zero-order valence-corrected chi connectivity index (χ0v) is 7.09. The van der Waals surface area contributed by atoms with Crippen molar-refractivity contribution in [1.29, 1.82) is 0 Å². The highest BCUT2D eigenvalue weighted by molar-refractivity contribution is 5.17. The SMILES string of the molecule is CC/C=C/[C@H]1[C@H](N)C1(C)C. The molecule has 1 heteroatoms. The summed E-state index contributed by atoms with van der Waals surface area (Å²) in [5.74, 6) is 0.632. The van der Waals surface area contributed by atoms with E-state index in [4.69, 9.17) is 5.73 Å². The first-order valence-electron chi connectivity index (χ1n) is 4.03. The summed E-state index contributed by atoms with van der Waals surface area (Å²) in [6, 6.07) is 0.398. The first-order chi connectivity index (χ1) is 4.60. The molecule has 58 valence electrons. The van der Waals surface area contributed by atoms with Gasteiger partial charge in [-0.3, -0.25) is 0 Å². The van der Waals surface area contributed by atoms with Gasteiger partial charge < -0.3 is 5.73 Å². The molecule has 1 rings (SSSR count). The quantitative estimate of drug-likeness (QED) is 0.581. The van der Waals surface area contributed by atoms with Gasteiger partial charge in [-0.15, -0.1) is 0 Å². The Hall–Kier alpha value is -0.300. The van der Waals surface area contributed by atoms with Crippen molar-refractivity contribution >= 4 is 0 Å². The Morgan fingerprint density at radius 2 is 2.00 bits per heavy atom. The minimum atomic E-state index is 0.367. The summed E-state index contributed by atoms with van der Waals surface area (Å²) in [4.78, 5) is 0. The number of nitrogens with two attached hydrogens (primary N) is 1. The van der Waals surface area contributed by atoms with Crippen molar-refractivity contribution in [3.8, 4) is 0 Å². The molecule has 0 spiro atoms.